The van der Waals surface area contributed by atoms with Crippen LogP contribution in [0.5, 0.6) is 0 Å². The first-order valence-electron chi connectivity index (χ1n) is 7.86. The van der Waals surface area contributed by atoms with Gasteiger partial charge in [-0.15, -0.1) is 0 Å². The van der Waals surface area contributed by atoms with Gasteiger partial charge in [-0.05, 0) is 46.2 Å². The summed E-state index contributed by atoms with van der Waals surface area (Å²) < 4.78 is 0. The number of benzene rings is 1. The van der Waals surface area contributed by atoms with Crippen molar-refractivity contribution in [3.8, 4) is 0 Å². The van der Waals surface area contributed by atoms with Crippen LogP contribution in [0.3, 0.4) is 0 Å². The summed E-state index contributed by atoms with van der Waals surface area (Å²) in [5.41, 5.74) is 2.14. The number of rotatable bonds is 3. The molecule has 2 heterocycles. The highest BCUT2D eigenvalue weighted by Crippen LogP contribution is 2.30. The van der Waals surface area contributed by atoms with Crippen molar-refractivity contribution in [3.05, 3.63) is 46.3 Å². The lowest BCUT2D eigenvalue weighted by atomic mass is 9.84. The van der Waals surface area contributed by atoms with Crippen molar-refractivity contribution >= 4 is 22.7 Å². The van der Waals surface area contributed by atoms with E-state index in [1.807, 2.05) is 18.2 Å². The van der Waals surface area contributed by atoms with Crippen LogP contribution in [-0.4, -0.2) is 26.8 Å². The van der Waals surface area contributed by atoms with Crippen molar-refractivity contribution in [2.75, 3.05) is 5.75 Å². The highest BCUT2D eigenvalue weighted by atomic mass is 32.2. The number of aromatic nitrogens is 2. The van der Waals surface area contributed by atoms with Crippen molar-refractivity contribution in [2.45, 2.75) is 50.4 Å². The molecule has 3 rings (SSSR count). The molecule has 1 aliphatic heterocycles. The maximum atomic E-state index is 12.1. The van der Waals surface area contributed by atoms with Crippen LogP contribution in [0.15, 0.2) is 45.9 Å². The second kappa shape index (κ2) is 5.80. The predicted octanol–water partition coefficient (Wildman–Crippen LogP) is 3.49. The normalized spacial score (nSPS) is 19.6. The molecule has 0 atom stereocenters. The first-order chi connectivity index (χ1) is 10.7. The van der Waals surface area contributed by atoms with Crippen LogP contribution in [0.1, 0.15) is 34.1 Å². The fourth-order valence-corrected chi connectivity index (χ4v) is 4.30. The number of nitrogens with one attached hydrogen (secondary N) is 2. The zero-order valence-electron chi connectivity index (χ0n) is 14.1. The van der Waals surface area contributed by atoms with Crippen molar-refractivity contribution in [1.29, 1.82) is 0 Å². The molecule has 0 fully saturated rings. The zero-order valence-corrected chi connectivity index (χ0v) is 14.9. The molecule has 0 radical (unpaired) electrons. The fraction of sp³-hybridized carbons (Fsp3) is 0.444. The molecule has 0 amide bonds. The summed E-state index contributed by atoms with van der Waals surface area (Å²) in [6.45, 7) is 8.83. The number of H-pyrrole nitrogens is 1. The smallest absolute Gasteiger partial charge is 0.259 e. The van der Waals surface area contributed by atoms with E-state index >= 15 is 0 Å². The van der Waals surface area contributed by atoms with Gasteiger partial charge in [0.1, 0.15) is 0 Å². The number of fused-ring (bicyclic) bond motifs is 1. The van der Waals surface area contributed by atoms with Crippen LogP contribution in [0.25, 0.3) is 10.9 Å². The molecule has 0 saturated carbocycles. The molecule has 2 aromatic rings. The Morgan fingerprint density at radius 1 is 1.22 bits per heavy atom. The second-order valence-corrected chi connectivity index (χ2v) is 8.35. The third-order valence-electron chi connectivity index (χ3n) is 3.88. The lowest BCUT2D eigenvalue weighted by Gasteiger charge is -2.41. The van der Waals surface area contributed by atoms with Gasteiger partial charge in [0.25, 0.3) is 5.56 Å². The Morgan fingerprint density at radius 2 is 1.96 bits per heavy atom. The van der Waals surface area contributed by atoms with Gasteiger partial charge in [0.2, 0.25) is 0 Å². The van der Waals surface area contributed by atoms with E-state index in [2.05, 4.69) is 49.1 Å². The Hall–Kier alpha value is -1.59. The Bertz CT molecular complexity index is 820. The van der Waals surface area contributed by atoms with E-state index in [1.165, 1.54) is 5.57 Å². The highest BCUT2D eigenvalue weighted by molar-refractivity contribution is 7.99. The average Bonchev–Trinajstić information content (AvgIpc) is 2.42. The Labute approximate surface area is 140 Å². The summed E-state index contributed by atoms with van der Waals surface area (Å²) in [5, 5.41) is 4.96. The molecule has 4 nitrogen and oxygen atoms in total. The van der Waals surface area contributed by atoms with Crippen molar-refractivity contribution in [1.82, 2.24) is 15.3 Å². The summed E-state index contributed by atoms with van der Waals surface area (Å²) in [6, 6.07) is 7.44. The van der Waals surface area contributed by atoms with Crippen molar-refractivity contribution < 1.29 is 0 Å². The average molecular weight is 329 g/mol. The van der Waals surface area contributed by atoms with Crippen LogP contribution in [0.4, 0.5) is 0 Å². The van der Waals surface area contributed by atoms with Crippen LogP contribution >= 0.6 is 11.8 Å². The number of thioether (sulfide) groups is 1. The molecular formula is C18H23N3OS. The Balaban J connectivity index is 1.81. The van der Waals surface area contributed by atoms with Crippen LogP contribution in [0.2, 0.25) is 0 Å². The quantitative estimate of drug-likeness (QED) is 0.514. The zero-order chi connectivity index (χ0) is 16.7. The number of hydrogen-bond acceptors (Lipinski definition) is 4. The van der Waals surface area contributed by atoms with E-state index < -0.39 is 0 Å². The molecule has 122 valence electrons. The Morgan fingerprint density at radius 3 is 2.70 bits per heavy atom. The van der Waals surface area contributed by atoms with Gasteiger partial charge < -0.3 is 10.3 Å². The molecule has 1 aromatic carbocycles. The fourth-order valence-electron chi connectivity index (χ4n) is 3.47. The minimum absolute atomic E-state index is 0.0120. The van der Waals surface area contributed by atoms with Crippen molar-refractivity contribution in [3.63, 3.8) is 0 Å². The predicted molar refractivity (Wildman–Crippen MR) is 97.1 cm³/mol. The maximum absolute atomic E-state index is 12.1. The van der Waals surface area contributed by atoms with Crippen LogP contribution < -0.4 is 10.9 Å². The van der Waals surface area contributed by atoms with Gasteiger partial charge in [0.15, 0.2) is 5.16 Å². The van der Waals surface area contributed by atoms with E-state index in [1.54, 1.807) is 17.8 Å². The van der Waals surface area contributed by atoms with E-state index in [4.69, 9.17) is 0 Å². The summed E-state index contributed by atoms with van der Waals surface area (Å²) in [4.78, 5) is 19.6. The summed E-state index contributed by atoms with van der Waals surface area (Å²) in [6.07, 6.45) is 3.30. The minimum Gasteiger partial charge on any atom is -0.303 e. The van der Waals surface area contributed by atoms with Gasteiger partial charge in [-0.2, -0.15) is 0 Å². The first kappa shape index (κ1) is 16.3. The van der Waals surface area contributed by atoms with E-state index in [0.717, 1.165) is 17.7 Å². The molecule has 1 aliphatic rings. The minimum atomic E-state index is -0.0712. The number of hydrogen-bond donors (Lipinski definition) is 2. The third-order valence-corrected chi connectivity index (χ3v) is 4.86. The molecule has 23 heavy (non-hydrogen) atoms. The molecule has 0 bridgehead atoms. The topological polar surface area (TPSA) is 57.8 Å². The van der Waals surface area contributed by atoms with Gasteiger partial charge >= 0.3 is 0 Å². The van der Waals surface area contributed by atoms with Gasteiger partial charge in [-0.1, -0.05) is 35.5 Å². The largest absolute Gasteiger partial charge is 0.303 e. The van der Waals surface area contributed by atoms with Crippen LogP contribution in [0, 0.1) is 0 Å². The summed E-state index contributed by atoms with van der Waals surface area (Å²) in [7, 11) is 0. The number of nitrogens with zero attached hydrogens (tertiary/aromatic N) is 1. The van der Waals surface area contributed by atoms with Gasteiger partial charge in [-0.3, -0.25) is 4.79 Å². The molecule has 1 aromatic heterocycles. The van der Waals surface area contributed by atoms with Gasteiger partial charge in [0, 0.05) is 16.8 Å². The lowest BCUT2D eigenvalue weighted by molar-refractivity contribution is 0.284. The number of aromatic amines is 1. The van der Waals surface area contributed by atoms with Crippen LogP contribution in [-0.2, 0) is 0 Å². The molecule has 0 aliphatic carbocycles. The molecular weight excluding hydrogens is 306 g/mol. The highest BCUT2D eigenvalue weighted by Gasteiger charge is 2.31. The standard InChI is InChI=1S/C18H23N3OS/c1-17(2)9-12(10-18(3,4)21-17)11-23-16-19-14-8-6-5-7-13(14)15(22)20-16/h5-9,21H,10-11H2,1-4H3,(H,19,20,22). The van der Waals surface area contributed by atoms with E-state index in [9.17, 15) is 4.79 Å². The number of para-hydroxylation sites is 1. The third kappa shape index (κ3) is 3.85. The SMILES string of the molecule is CC1(C)C=C(CSc2nc3ccccc3c(=O)[nH]2)CC(C)(C)N1. The van der Waals surface area contributed by atoms with Gasteiger partial charge in [-0.25, -0.2) is 4.98 Å². The summed E-state index contributed by atoms with van der Waals surface area (Å²) >= 11 is 1.59. The monoisotopic (exact) mass is 329 g/mol. The second-order valence-electron chi connectivity index (χ2n) is 7.39. The molecule has 0 unspecified atom stereocenters. The molecule has 0 spiro atoms. The molecule has 5 heteroatoms. The van der Waals surface area contributed by atoms with Crippen molar-refractivity contribution in [2.24, 2.45) is 0 Å². The summed E-state index contributed by atoms with van der Waals surface area (Å²) in [5.74, 6) is 0.843. The molecule has 2 N–H and O–H groups in total. The first-order valence-corrected chi connectivity index (χ1v) is 8.85. The lowest BCUT2D eigenvalue weighted by Crippen LogP contribution is -2.54. The van der Waals surface area contributed by atoms with Gasteiger partial charge in [0.05, 0.1) is 10.9 Å². The molecule has 0 saturated heterocycles. The Kier molecular flexibility index (Phi) is 4.10. The van der Waals surface area contributed by atoms with E-state index in [-0.39, 0.29) is 16.6 Å². The maximum Gasteiger partial charge on any atom is 0.259 e. The van der Waals surface area contributed by atoms with E-state index in [0.29, 0.717) is 10.5 Å².